The van der Waals surface area contributed by atoms with E-state index in [0.29, 0.717) is 5.56 Å². The average Bonchev–Trinajstić information content (AvgIpc) is 3.43. The van der Waals surface area contributed by atoms with Crippen molar-refractivity contribution in [3.8, 4) is 0 Å². The van der Waals surface area contributed by atoms with Crippen LogP contribution in [0.5, 0.6) is 0 Å². The van der Waals surface area contributed by atoms with Gasteiger partial charge in [0.05, 0.1) is 28.7 Å². The topological polar surface area (TPSA) is 129 Å². The number of fused-ring (bicyclic) bond motifs is 1. The summed E-state index contributed by atoms with van der Waals surface area (Å²) in [6.07, 6.45) is -5.14. The van der Waals surface area contributed by atoms with Crippen LogP contribution in [-0.2, 0) is 23.7 Å². The second-order valence-electron chi connectivity index (χ2n) is 13.6. The van der Waals surface area contributed by atoms with Crippen LogP contribution in [0, 0.1) is 16.7 Å². The summed E-state index contributed by atoms with van der Waals surface area (Å²) in [5.74, 6) is -2.96. The first kappa shape index (κ1) is 33.9. The van der Waals surface area contributed by atoms with Crippen LogP contribution in [0.3, 0.4) is 0 Å². The number of hydrogen-bond acceptors (Lipinski definition) is 9. The van der Waals surface area contributed by atoms with Crippen LogP contribution in [0.4, 0.5) is 4.79 Å². The van der Waals surface area contributed by atoms with Crippen LogP contribution < -0.4 is 0 Å². The maximum absolute atomic E-state index is 14.3. The number of amides is 3. The van der Waals surface area contributed by atoms with Gasteiger partial charge in [-0.05, 0) is 54.2 Å². The third-order valence-corrected chi connectivity index (χ3v) is 10.5. The number of ether oxygens (including phenoxy) is 4. The first-order chi connectivity index (χ1) is 23.4. The van der Waals surface area contributed by atoms with Gasteiger partial charge in [0.1, 0.15) is 12.7 Å². The lowest BCUT2D eigenvalue weighted by Crippen LogP contribution is -2.80. The Labute approximate surface area is 285 Å². The molecule has 0 unspecified atom stereocenters. The second-order valence-corrected chi connectivity index (χ2v) is 13.6. The number of carbonyl (C=O) groups is 5. The fraction of sp³-hybridized carbons (Fsp3) is 0.395. The van der Waals surface area contributed by atoms with Crippen LogP contribution in [0.1, 0.15) is 65.7 Å². The normalized spacial score (nSPS) is 26.7. The highest BCUT2D eigenvalue weighted by atomic mass is 16.7. The molecule has 3 aliphatic rings. The molecular weight excluding hydrogens is 628 g/mol. The summed E-state index contributed by atoms with van der Waals surface area (Å²) in [5, 5.41) is 0. The van der Waals surface area contributed by atoms with Crippen molar-refractivity contribution in [2.24, 2.45) is 16.7 Å². The van der Waals surface area contributed by atoms with E-state index in [1.54, 1.807) is 97.9 Å². The van der Waals surface area contributed by atoms with Gasteiger partial charge in [-0.3, -0.25) is 14.6 Å². The Morgan fingerprint density at radius 2 is 1.16 bits per heavy atom. The summed E-state index contributed by atoms with van der Waals surface area (Å²) in [7, 11) is 0. The van der Waals surface area contributed by atoms with Crippen molar-refractivity contribution < 1.29 is 42.9 Å². The van der Waals surface area contributed by atoms with Gasteiger partial charge < -0.3 is 18.9 Å². The van der Waals surface area contributed by atoms with Gasteiger partial charge in [0, 0.05) is 6.54 Å². The van der Waals surface area contributed by atoms with Crippen LogP contribution in [-0.4, -0.2) is 83.4 Å². The van der Waals surface area contributed by atoms with E-state index < -0.39 is 77.9 Å². The zero-order chi connectivity index (χ0) is 35.1. The fourth-order valence-corrected chi connectivity index (χ4v) is 7.21. The van der Waals surface area contributed by atoms with Gasteiger partial charge >= 0.3 is 23.9 Å². The molecule has 3 fully saturated rings. The molecule has 1 aliphatic carbocycles. The highest BCUT2D eigenvalue weighted by Crippen LogP contribution is 2.64. The quantitative estimate of drug-likeness (QED) is 0.219. The molecular formula is C38H40N2O9. The Morgan fingerprint density at radius 3 is 1.65 bits per heavy atom. The molecule has 2 saturated heterocycles. The highest BCUT2D eigenvalue weighted by molar-refractivity contribution is 6.00. The van der Waals surface area contributed by atoms with Crippen LogP contribution >= 0.6 is 0 Å². The van der Waals surface area contributed by atoms with E-state index in [2.05, 4.69) is 0 Å². The summed E-state index contributed by atoms with van der Waals surface area (Å²) in [5.41, 5.74) is -0.315. The SMILES string of the molecule is CCN1C(=O)[C@H]2[C@@H](N([C@@H]3O[C@H](COC(=O)c4ccccc4)[C@@H](OC(=O)c4ccccc4)[C@H]3OC(=O)c3ccccc3)C1=O)C(C)(C)C2(C)C. The van der Waals surface area contributed by atoms with E-state index >= 15 is 0 Å². The van der Waals surface area contributed by atoms with Crippen molar-refractivity contribution in [1.82, 2.24) is 9.80 Å². The number of esters is 3. The smallest absolute Gasteiger partial charge is 0.338 e. The molecule has 6 rings (SSSR count). The minimum Gasteiger partial charge on any atom is -0.459 e. The number of nitrogens with zero attached hydrogens (tertiary/aromatic N) is 2. The molecule has 3 aromatic rings. The molecule has 2 aliphatic heterocycles. The molecule has 0 bridgehead atoms. The van der Waals surface area contributed by atoms with Crippen LogP contribution in [0.2, 0.25) is 0 Å². The van der Waals surface area contributed by atoms with Crippen LogP contribution in [0.15, 0.2) is 91.0 Å². The summed E-state index contributed by atoms with van der Waals surface area (Å²) >= 11 is 0. The van der Waals surface area contributed by atoms with Gasteiger partial charge in [0.2, 0.25) is 5.91 Å². The Kier molecular flexibility index (Phi) is 9.06. The summed E-state index contributed by atoms with van der Waals surface area (Å²) in [6, 6.07) is 23.6. The van der Waals surface area contributed by atoms with E-state index in [1.807, 2.05) is 27.7 Å². The molecule has 1 saturated carbocycles. The number of urea groups is 1. The van der Waals surface area contributed by atoms with E-state index in [4.69, 9.17) is 18.9 Å². The first-order valence-corrected chi connectivity index (χ1v) is 16.4. The molecule has 11 nitrogen and oxygen atoms in total. The molecule has 2 heterocycles. The lowest BCUT2D eigenvalue weighted by molar-refractivity contribution is -0.230. The lowest BCUT2D eigenvalue weighted by atomic mass is 9.42. The van der Waals surface area contributed by atoms with Gasteiger partial charge in [-0.25, -0.2) is 19.2 Å². The molecule has 0 radical (unpaired) electrons. The largest absolute Gasteiger partial charge is 0.459 e. The maximum atomic E-state index is 14.3. The number of benzene rings is 3. The molecule has 11 heteroatoms. The van der Waals surface area contributed by atoms with Gasteiger partial charge in [0.15, 0.2) is 18.4 Å². The van der Waals surface area contributed by atoms with Crippen molar-refractivity contribution in [3.63, 3.8) is 0 Å². The first-order valence-electron chi connectivity index (χ1n) is 16.4. The van der Waals surface area contributed by atoms with Gasteiger partial charge in [-0.15, -0.1) is 0 Å². The molecule has 0 aromatic heterocycles. The Bertz CT molecular complexity index is 1730. The molecule has 0 N–H and O–H groups in total. The van der Waals surface area contributed by atoms with Crippen LogP contribution in [0.25, 0.3) is 0 Å². The standard InChI is InChI=1S/C38H40N2O9/c1-6-39-31(41)27-30(38(4,5)37(27,2)3)40(36(39)45)32-29(49-35(44)25-20-14-9-15-21-25)28(48-34(43)24-18-12-8-13-19-24)26(47-32)22-46-33(42)23-16-10-7-11-17-23/h7-21,26-30,32H,6,22H2,1-5H3/t26-,27-,28-,29-,30-,32-/m1/s1. The number of hydrogen-bond donors (Lipinski definition) is 0. The second kappa shape index (κ2) is 13.1. The molecule has 49 heavy (non-hydrogen) atoms. The number of imide groups is 1. The fourth-order valence-electron chi connectivity index (χ4n) is 7.21. The number of rotatable bonds is 9. The molecule has 6 atom stereocenters. The van der Waals surface area contributed by atoms with Crippen molar-refractivity contribution in [1.29, 1.82) is 0 Å². The summed E-state index contributed by atoms with van der Waals surface area (Å²) in [4.78, 5) is 70.9. The molecule has 3 amide bonds. The third kappa shape index (κ3) is 5.86. The Balaban J connectivity index is 1.41. The maximum Gasteiger partial charge on any atom is 0.338 e. The van der Waals surface area contributed by atoms with Gasteiger partial charge in [-0.2, -0.15) is 0 Å². The zero-order valence-electron chi connectivity index (χ0n) is 28.1. The monoisotopic (exact) mass is 668 g/mol. The van der Waals surface area contributed by atoms with E-state index in [9.17, 15) is 24.0 Å². The third-order valence-electron chi connectivity index (χ3n) is 10.5. The van der Waals surface area contributed by atoms with Crippen molar-refractivity contribution >= 4 is 29.8 Å². The highest BCUT2D eigenvalue weighted by Gasteiger charge is 2.73. The molecule has 256 valence electrons. The van der Waals surface area contributed by atoms with Gasteiger partial charge in [-0.1, -0.05) is 82.3 Å². The Morgan fingerprint density at radius 1 is 0.694 bits per heavy atom. The minimum atomic E-state index is -1.36. The molecule has 3 aromatic carbocycles. The zero-order valence-corrected chi connectivity index (χ0v) is 28.1. The molecule has 0 spiro atoms. The minimum absolute atomic E-state index is 0.111. The van der Waals surface area contributed by atoms with Crippen molar-refractivity contribution in [2.45, 2.75) is 65.2 Å². The van der Waals surface area contributed by atoms with Crippen molar-refractivity contribution in [2.75, 3.05) is 13.2 Å². The van der Waals surface area contributed by atoms with E-state index in [1.165, 1.54) is 9.80 Å². The van der Waals surface area contributed by atoms with Crippen molar-refractivity contribution in [3.05, 3.63) is 108 Å². The summed E-state index contributed by atoms with van der Waals surface area (Å²) < 4.78 is 24.4. The predicted octanol–water partition coefficient (Wildman–Crippen LogP) is 5.35. The predicted molar refractivity (Wildman–Crippen MR) is 176 cm³/mol. The number of carbonyl (C=O) groups excluding carboxylic acids is 5. The average molecular weight is 669 g/mol. The lowest BCUT2D eigenvalue weighted by Gasteiger charge is -2.69. The summed E-state index contributed by atoms with van der Waals surface area (Å²) in [6.45, 7) is 9.38. The van der Waals surface area contributed by atoms with E-state index in [-0.39, 0.29) is 23.6 Å². The van der Waals surface area contributed by atoms with E-state index in [0.717, 1.165) is 0 Å². The Hall–Kier alpha value is -5.03. The van der Waals surface area contributed by atoms with Gasteiger partial charge in [0.25, 0.3) is 0 Å².